The van der Waals surface area contributed by atoms with E-state index in [1.807, 2.05) is 6.92 Å². The number of sulfonamides is 1. The molecule has 0 saturated carbocycles. The molecule has 9 heteroatoms. The predicted molar refractivity (Wildman–Crippen MR) is 100 cm³/mol. The van der Waals surface area contributed by atoms with E-state index in [9.17, 15) is 18.5 Å². The summed E-state index contributed by atoms with van der Waals surface area (Å²) in [6, 6.07) is 7.08. The van der Waals surface area contributed by atoms with Crippen LogP contribution < -0.4 is 14.2 Å². The Bertz CT molecular complexity index is 1000. The summed E-state index contributed by atoms with van der Waals surface area (Å²) < 4.78 is 39.5. The molecule has 1 aliphatic heterocycles. The smallest absolute Gasteiger partial charge is 0.270 e. The van der Waals surface area contributed by atoms with Crippen molar-refractivity contribution >= 4 is 21.4 Å². The standard InChI is InChI=1S/C18H20N2O6S/c1-4-25-17-8-13-7-12(3)26-16(13)10-15(17)19-27(23,24)18-9-14(20(21)22)6-5-11(18)2/h5-6,8-10,12,19H,4,7H2,1-3H3/t12-/m0/s1. The number of hydrogen-bond donors (Lipinski definition) is 1. The third kappa shape index (κ3) is 3.82. The highest BCUT2D eigenvalue weighted by atomic mass is 32.2. The first-order valence-electron chi connectivity index (χ1n) is 8.45. The second-order valence-corrected chi connectivity index (χ2v) is 7.98. The number of anilines is 1. The van der Waals surface area contributed by atoms with Crippen LogP contribution in [0.2, 0.25) is 0 Å². The van der Waals surface area contributed by atoms with Crippen molar-refractivity contribution in [2.45, 2.75) is 38.2 Å². The quantitative estimate of drug-likeness (QED) is 0.596. The molecular formula is C18H20N2O6S. The third-order valence-electron chi connectivity index (χ3n) is 4.21. The fourth-order valence-corrected chi connectivity index (χ4v) is 4.31. The molecule has 3 rings (SSSR count). The monoisotopic (exact) mass is 392 g/mol. The number of nitrogens with one attached hydrogen (secondary N) is 1. The summed E-state index contributed by atoms with van der Waals surface area (Å²) in [6.07, 6.45) is 0.715. The van der Waals surface area contributed by atoms with E-state index in [1.54, 1.807) is 26.0 Å². The molecule has 8 nitrogen and oxygen atoms in total. The predicted octanol–water partition coefficient (Wildman–Crippen LogP) is 3.43. The Labute approximate surface area is 157 Å². The van der Waals surface area contributed by atoms with Crippen molar-refractivity contribution in [3.8, 4) is 11.5 Å². The average Bonchev–Trinajstić information content (AvgIpc) is 2.94. The topological polar surface area (TPSA) is 108 Å². The lowest BCUT2D eigenvalue weighted by atomic mass is 10.1. The Kier molecular flexibility index (Phi) is 4.97. The maximum absolute atomic E-state index is 12.9. The molecule has 1 aliphatic rings. The number of aryl methyl sites for hydroxylation is 1. The van der Waals surface area contributed by atoms with Gasteiger partial charge in [0.25, 0.3) is 15.7 Å². The first kappa shape index (κ1) is 19.0. The van der Waals surface area contributed by atoms with Gasteiger partial charge in [0.2, 0.25) is 0 Å². The second kappa shape index (κ2) is 7.07. The van der Waals surface area contributed by atoms with Crippen LogP contribution in [0.1, 0.15) is 25.0 Å². The van der Waals surface area contributed by atoms with Crippen molar-refractivity contribution < 1.29 is 22.8 Å². The number of benzene rings is 2. The molecule has 144 valence electrons. The first-order chi connectivity index (χ1) is 12.7. The van der Waals surface area contributed by atoms with Gasteiger partial charge in [-0.25, -0.2) is 8.42 Å². The van der Waals surface area contributed by atoms with Crippen LogP contribution in [0.3, 0.4) is 0 Å². The summed E-state index contributed by atoms with van der Waals surface area (Å²) in [4.78, 5) is 10.2. The number of nitro groups is 1. The Hall–Kier alpha value is -2.81. The summed E-state index contributed by atoms with van der Waals surface area (Å²) in [6.45, 7) is 5.67. The van der Waals surface area contributed by atoms with Gasteiger partial charge < -0.3 is 9.47 Å². The van der Waals surface area contributed by atoms with E-state index < -0.39 is 14.9 Å². The summed E-state index contributed by atoms with van der Waals surface area (Å²) in [5, 5.41) is 11.0. The van der Waals surface area contributed by atoms with E-state index >= 15 is 0 Å². The van der Waals surface area contributed by atoms with E-state index in [4.69, 9.17) is 9.47 Å². The largest absolute Gasteiger partial charge is 0.492 e. The highest BCUT2D eigenvalue weighted by molar-refractivity contribution is 7.92. The zero-order chi connectivity index (χ0) is 19.8. The lowest BCUT2D eigenvalue weighted by Crippen LogP contribution is -2.15. The minimum Gasteiger partial charge on any atom is -0.492 e. The van der Waals surface area contributed by atoms with E-state index in [2.05, 4.69) is 4.72 Å². The van der Waals surface area contributed by atoms with Crippen LogP contribution >= 0.6 is 0 Å². The summed E-state index contributed by atoms with van der Waals surface area (Å²) in [7, 11) is -4.06. The molecule has 0 aromatic heterocycles. The zero-order valence-electron chi connectivity index (χ0n) is 15.2. The lowest BCUT2D eigenvalue weighted by Gasteiger charge is -2.15. The van der Waals surface area contributed by atoms with E-state index in [-0.39, 0.29) is 22.4 Å². The second-order valence-electron chi connectivity index (χ2n) is 6.33. The molecule has 2 aromatic carbocycles. The van der Waals surface area contributed by atoms with Gasteiger partial charge in [-0.15, -0.1) is 0 Å². The Morgan fingerprint density at radius 1 is 1.33 bits per heavy atom. The molecule has 0 amide bonds. The third-order valence-corrected chi connectivity index (χ3v) is 5.72. The summed E-state index contributed by atoms with van der Waals surface area (Å²) in [5.41, 5.74) is 1.28. The van der Waals surface area contributed by atoms with Crippen molar-refractivity contribution in [1.82, 2.24) is 0 Å². The molecule has 0 bridgehead atoms. The summed E-state index contributed by atoms with van der Waals surface area (Å²) >= 11 is 0. The van der Waals surface area contributed by atoms with Gasteiger partial charge in [-0.1, -0.05) is 6.07 Å². The Morgan fingerprint density at radius 3 is 2.74 bits per heavy atom. The number of non-ortho nitro benzene ring substituents is 1. The van der Waals surface area contributed by atoms with Crippen molar-refractivity contribution in [2.24, 2.45) is 0 Å². The molecule has 0 radical (unpaired) electrons. The van der Waals surface area contributed by atoms with E-state index in [1.165, 1.54) is 12.1 Å². The van der Waals surface area contributed by atoms with Crippen molar-refractivity contribution in [3.05, 3.63) is 51.6 Å². The molecule has 1 atom stereocenters. The van der Waals surface area contributed by atoms with Crippen LogP contribution in [0.4, 0.5) is 11.4 Å². The maximum atomic E-state index is 12.9. The van der Waals surface area contributed by atoms with Gasteiger partial charge in [0.1, 0.15) is 17.6 Å². The molecule has 0 aliphatic carbocycles. The molecule has 0 saturated heterocycles. The van der Waals surface area contributed by atoms with Crippen molar-refractivity contribution in [2.75, 3.05) is 11.3 Å². The SMILES string of the molecule is CCOc1cc2c(cc1NS(=O)(=O)c1cc([N+](=O)[O-])ccc1C)O[C@@H](C)C2. The maximum Gasteiger partial charge on any atom is 0.270 e. The van der Waals surface area contributed by atoms with Gasteiger partial charge in [0, 0.05) is 30.2 Å². The Balaban J connectivity index is 2.03. The first-order valence-corrected chi connectivity index (χ1v) is 9.94. The van der Waals surface area contributed by atoms with Crippen LogP contribution in [0.15, 0.2) is 35.2 Å². The number of hydrogen-bond acceptors (Lipinski definition) is 6. The van der Waals surface area contributed by atoms with Crippen LogP contribution in [0, 0.1) is 17.0 Å². The normalized spacial score (nSPS) is 15.7. The van der Waals surface area contributed by atoms with Gasteiger partial charge in [-0.05, 0) is 32.4 Å². The van der Waals surface area contributed by atoms with Gasteiger partial charge >= 0.3 is 0 Å². The molecule has 0 spiro atoms. The lowest BCUT2D eigenvalue weighted by molar-refractivity contribution is -0.385. The minimum atomic E-state index is -4.06. The molecule has 27 heavy (non-hydrogen) atoms. The van der Waals surface area contributed by atoms with Crippen LogP contribution in [-0.2, 0) is 16.4 Å². The van der Waals surface area contributed by atoms with E-state index in [0.717, 1.165) is 11.6 Å². The highest BCUT2D eigenvalue weighted by Gasteiger charge is 2.26. The zero-order valence-corrected chi connectivity index (χ0v) is 16.0. The average molecular weight is 392 g/mol. The number of fused-ring (bicyclic) bond motifs is 1. The minimum absolute atomic E-state index is 0.000325. The molecule has 0 unspecified atom stereocenters. The van der Waals surface area contributed by atoms with Crippen molar-refractivity contribution in [3.63, 3.8) is 0 Å². The van der Waals surface area contributed by atoms with Crippen LogP contribution in [0.5, 0.6) is 11.5 Å². The molecule has 1 N–H and O–H groups in total. The van der Waals surface area contributed by atoms with Crippen LogP contribution in [0.25, 0.3) is 0 Å². The fourth-order valence-electron chi connectivity index (χ4n) is 2.99. The highest BCUT2D eigenvalue weighted by Crippen LogP contribution is 2.39. The number of rotatable bonds is 6. The van der Waals surface area contributed by atoms with Gasteiger partial charge in [0.15, 0.2) is 0 Å². The summed E-state index contributed by atoms with van der Waals surface area (Å²) in [5.74, 6) is 0.986. The molecule has 0 fully saturated rings. The van der Waals surface area contributed by atoms with Crippen LogP contribution in [-0.4, -0.2) is 26.1 Å². The molecule has 1 heterocycles. The molecular weight excluding hydrogens is 372 g/mol. The number of nitro benzene ring substituents is 1. The molecule has 2 aromatic rings. The Morgan fingerprint density at radius 2 is 2.07 bits per heavy atom. The van der Waals surface area contributed by atoms with Crippen molar-refractivity contribution in [1.29, 1.82) is 0 Å². The fraction of sp³-hybridized carbons (Fsp3) is 0.333. The van der Waals surface area contributed by atoms with Gasteiger partial charge in [-0.3, -0.25) is 14.8 Å². The number of ether oxygens (including phenoxy) is 2. The number of nitrogens with zero attached hydrogens (tertiary/aromatic N) is 1. The van der Waals surface area contributed by atoms with Gasteiger partial charge in [0.05, 0.1) is 22.1 Å². The van der Waals surface area contributed by atoms with Gasteiger partial charge in [-0.2, -0.15) is 0 Å². The van der Waals surface area contributed by atoms with E-state index in [0.29, 0.717) is 30.1 Å².